The predicted molar refractivity (Wildman–Crippen MR) is 216 cm³/mol. The third-order valence-corrected chi connectivity index (χ3v) is 9.82. The van der Waals surface area contributed by atoms with E-state index in [1.807, 2.05) is 121 Å². The van der Waals surface area contributed by atoms with E-state index in [1.54, 1.807) is 0 Å². The summed E-state index contributed by atoms with van der Waals surface area (Å²) in [6, 6.07) is 60.8. The lowest BCUT2D eigenvalue weighted by molar-refractivity contribution is -0.300. The molecule has 288 valence electrons. The van der Waals surface area contributed by atoms with Gasteiger partial charge in [0.05, 0.1) is 39.6 Å². The van der Waals surface area contributed by atoms with Crippen molar-refractivity contribution in [3.8, 4) is 0 Å². The van der Waals surface area contributed by atoms with Crippen LogP contribution in [-0.2, 0) is 72.8 Å². The van der Waals surface area contributed by atoms with Crippen molar-refractivity contribution >= 4 is 0 Å². The number of ether oxygens (including phenoxy) is 7. The van der Waals surface area contributed by atoms with E-state index in [1.165, 1.54) is 0 Å². The van der Waals surface area contributed by atoms with Crippen molar-refractivity contribution in [2.75, 3.05) is 6.79 Å². The average Bonchev–Trinajstić information content (AvgIpc) is 3.27. The van der Waals surface area contributed by atoms with Crippen LogP contribution in [0.5, 0.6) is 0 Å². The van der Waals surface area contributed by atoms with Gasteiger partial charge >= 0.3 is 0 Å². The summed E-state index contributed by atoms with van der Waals surface area (Å²) in [6.07, 6.45) is -3.82. The first-order valence-electron chi connectivity index (χ1n) is 19.3. The SMILES string of the molecule is c1ccc(COCOC2[C@@H](OCc3ccccc3)[C@H](OCc3ccccc3)C(OCc3ccccc3)[C@H](OCc3ccccc3)[C@@H]2OCc2ccccc2)cc1. The van der Waals surface area contributed by atoms with Crippen molar-refractivity contribution in [2.24, 2.45) is 0 Å². The van der Waals surface area contributed by atoms with Crippen molar-refractivity contribution in [3.05, 3.63) is 215 Å². The molecule has 0 saturated heterocycles. The van der Waals surface area contributed by atoms with Gasteiger partial charge in [-0.3, -0.25) is 0 Å². The van der Waals surface area contributed by atoms with E-state index >= 15 is 0 Å². The molecule has 1 saturated carbocycles. The number of benzene rings is 6. The maximum absolute atomic E-state index is 6.97. The quantitative estimate of drug-likeness (QED) is 0.0569. The van der Waals surface area contributed by atoms with Gasteiger partial charge < -0.3 is 33.2 Å². The Morgan fingerprint density at radius 1 is 0.232 bits per heavy atom. The van der Waals surface area contributed by atoms with Gasteiger partial charge in [0.25, 0.3) is 0 Å². The van der Waals surface area contributed by atoms with Gasteiger partial charge in [-0.05, 0) is 33.4 Å². The van der Waals surface area contributed by atoms with Crippen molar-refractivity contribution < 1.29 is 33.2 Å². The predicted octanol–water partition coefficient (Wildman–Crippen LogP) is 9.49. The molecule has 0 aliphatic heterocycles. The fourth-order valence-electron chi connectivity index (χ4n) is 6.95. The molecule has 1 aliphatic carbocycles. The van der Waals surface area contributed by atoms with Gasteiger partial charge in [0.1, 0.15) is 43.4 Å². The topological polar surface area (TPSA) is 64.6 Å². The minimum absolute atomic E-state index is 0.00229. The van der Waals surface area contributed by atoms with Crippen LogP contribution >= 0.6 is 0 Å². The van der Waals surface area contributed by atoms with E-state index in [0.29, 0.717) is 39.6 Å². The Hall–Kier alpha value is -4.96. The maximum Gasteiger partial charge on any atom is 0.147 e. The molecule has 0 aromatic heterocycles. The van der Waals surface area contributed by atoms with Crippen LogP contribution in [0.4, 0.5) is 0 Å². The Labute approximate surface area is 330 Å². The first-order valence-corrected chi connectivity index (χ1v) is 19.3. The van der Waals surface area contributed by atoms with Gasteiger partial charge in [-0.25, -0.2) is 0 Å². The highest BCUT2D eigenvalue weighted by Crippen LogP contribution is 2.36. The Balaban J connectivity index is 1.27. The highest BCUT2D eigenvalue weighted by Gasteiger charge is 2.55. The van der Waals surface area contributed by atoms with Crippen molar-refractivity contribution in [1.29, 1.82) is 0 Å². The lowest BCUT2D eigenvalue weighted by Crippen LogP contribution is -2.67. The van der Waals surface area contributed by atoms with E-state index in [9.17, 15) is 0 Å². The standard InChI is InChI=1S/C49H50O7/c1-7-19-38(20-8-1)31-50-37-56-49-47(54-35-42-27-15-5-16-28-42)45(52-33-40-23-11-3-12-24-40)44(51-32-39-21-9-2-10-22-39)46(53-34-41-25-13-4-14-26-41)48(49)55-36-43-29-17-6-18-30-43/h1-30,44-49H,31-37H2/t44?,45-,46+,47-,48-,49?/m0/s1. The molecule has 1 aliphatic rings. The molecule has 0 spiro atoms. The zero-order chi connectivity index (χ0) is 38.0. The van der Waals surface area contributed by atoms with Gasteiger partial charge in [0.2, 0.25) is 0 Å². The van der Waals surface area contributed by atoms with Crippen LogP contribution in [-0.4, -0.2) is 43.4 Å². The lowest BCUT2D eigenvalue weighted by Gasteiger charge is -2.49. The van der Waals surface area contributed by atoms with Crippen LogP contribution in [0, 0.1) is 0 Å². The van der Waals surface area contributed by atoms with Gasteiger partial charge in [-0.1, -0.05) is 182 Å². The second-order valence-electron chi connectivity index (χ2n) is 13.9. The molecule has 7 heteroatoms. The molecule has 0 bridgehead atoms. The maximum atomic E-state index is 6.97. The van der Waals surface area contributed by atoms with Crippen molar-refractivity contribution in [2.45, 2.75) is 76.3 Å². The smallest absolute Gasteiger partial charge is 0.147 e. The summed E-state index contributed by atoms with van der Waals surface area (Å²) in [5.41, 5.74) is 6.20. The Morgan fingerprint density at radius 2 is 0.429 bits per heavy atom. The minimum Gasteiger partial charge on any atom is -0.368 e. The molecule has 0 radical (unpaired) electrons. The molecule has 6 atom stereocenters. The van der Waals surface area contributed by atoms with Gasteiger partial charge in [0.15, 0.2) is 0 Å². The Bertz CT molecular complexity index is 1830. The number of rotatable bonds is 20. The summed E-state index contributed by atoms with van der Waals surface area (Å²) >= 11 is 0. The molecular formula is C49H50O7. The first kappa shape index (κ1) is 39.3. The molecular weight excluding hydrogens is 701 g/mol. The van der Waals surface area contributed by atoms with Crippen LogP contribution in [0.25, 0.3) is 0 Å². The third kappa shape index (κ3) is 11.5. The average molecular weight is 751 g/mol. The normalized spacial score (nSPS) is 20.8. The monoisotopic (exact) mass is 750 g/mol. The summed E-state index contributed by atoms with van der Waals surface area (Å²) in [4.78, 5) is 0. The molecule has 2 unspecified atom stereocenters. The van der Waals surface area contributed by atoms with E-state index < -0.39 is 36.6 Å². The molecule has 0 heterocycles. The second-order valence-corrected chi connectivity index (χ2v) is 13.9. The van der Waals surface area contributed by atoms with Crippen molar-refractivity contribution in [1.82, 2.24) is 0 Å². The second kappa shape index (κ2) is 21.4. The Morgan fingerprint density at radius 3 is 0.661 bits per heavy atom. The zero-order valence-electron chi connectivity index (χ0n) is 31.6. The van der Waals surface area contributed by atoms with E-state index in [-0.39, 0.29) is 6.79 Å². The fourth-order valence-corrected chi connectivity index (χ4v) is 6.95. The first-order chi connectivity index (χ1) is 27.8. The molecule has 7 rings (SSSR count). The van der Waals surface area contributed by atoms with Crippen LogP contribution < -0.4 is 0 Å². The van der Waals surface area contributed by atoms with Crippen molar-refractivity contribution in [3.63, 3.8) is 0 Å². The molecule has 7 nitrogen and oxygen atoms in total. The lowest BCUT2D eigenvalue weighted by atomic mass is 9.83. The highest BCUT2D eigenvalue weighted by molar-refractivity contribution is 5.19. The minimum atomic E-state index is -0.670. The molecule has 6 aromatic rings. The van der Waals surface area contributed by atoms with E-state index in [4.69, 9.17) is 33.2 Å². The van der Waals surface area contributed by atoms with Gasteiger partial charge in [-0.2, -0.15) is 0 Å². The summed E-state index contributed by atoms with van der Waals surface area (Å²) in [6.45, 7) is 2.05. The van der Waals surface area contributed by atoms with E-state index in [0.717, 1.165) is 33.4 Å². The molecule has 56 heavy (non-hydrogen) atoms. The van der Waals surface area contributed by atoms with Crippen LogP contribution in [0.1, 0.15) is 33.4 Å². The highest BCUT2D eigenvalue weighted by atomic mass is 16.7. The fraction of sp³-hybridized carbons (Fsp3) is 0.265. The van der Waals surface area contributed by atoms with E-state index in [2.05, 4.69) is 60.7 Å². The van der Waals surface area contributed by atoms with Gasteiger partial charge in [-0.15, -0.1) is 0 Å². The van der Waals surface area contributed by atoms with Crippen LogP contribution in [0.2, 0.25) is 0 Å². The van der Waals surface area contributed by atoms with Crippen LogP contribution in [0.3, 0.4) is 0 Å². The largest absolute Gasteiger partial charge is 0.368 e. The third-order valence-electron chi connectivity index (χ3n) is 9.82. The van der Waals surface area contributed by atoms with Gasteiger partial charge in [0, 0.05) is 0 Å². The molecule has 0 N–H and O–H groups in total. The zero-order valence-corrected chi connectivity index (χ0v) is 31.6. The Kier molecular flexibility index (Phi) is 15.0. The summed E-state index contributed by atoms with van der Waals surface area (Å²) in [5.74, 6) is 0. The molecule has 1 fully saturated rings. The molecule has 0 amide bonds. The van der Waals surface area contributed by atoms with Crippen LogP contribution in [0.15, 0.2) is 182 Å². The summed E-state index contributed by atoms with van der Waals surface area (Å²) in [7, 11) is 0. The molecule has 6 aromatic carbocycles. The summed E-state index contributed by atoms with van der Waals surface area (Å²) < 4.78 is 47.8. The number of hydrogen-bond acceptors (Lipinski definition) is 7. The number of hydrogen-bond donors (Lipinski definition) is 0. The summed E-state index contributed by atoms with van der Waals surface area (Å²) in [5, 5.41) is 0.